The molecule has 1 heterocycles. The van der Waals surface area contributed by atoms with Crippen LogP contribution in [0.1, 0.15) is 45.2 Å². The Morgan fingerprint density at radius 1 is 1.15 bits per heavy atom. The van der Waals surface area contributed by atoms with Crippen LogP contribution in [-0.2, 0) is 26.8 Å². The molecule has 0 amide bonds. The summed E-state index contributed by atoms with van der Waals surface area (Å²) in [5, 5.41) is 12.7. The topological polar surface area (TPSA) is 67.8 Å². The third kappa shape index (κ3) is 4.79. The number of nitrogens with one attached hydrogen (secondary N) is 1. The van der Waals surface area contributed by atoms with Gasteiger partial charge in [0.15, 0.2) is 8.32 Å². The second-order valence-corrected chi connectivity index (χ2v) is 16.1. The molecule has 2 aliphatic rings. The lowest BCUT2D eigenvalue weighted by Crippen LogP contribution is -2.59. The first kappa shape index (κ1) is 24.5. The van der Waals surface area contributed by atoms with Crippen molar-refractivity contribution in [2.24, 2.45) is 5.92 Å². The fraction of sp³-hybridized carbons (Fsp3) is 0.464. The average molecular weight is 480 g/mol. The lowest BCUT2D eigenvalue weighted by Gasteiger charge is -2.47. The van der Waals surface area contributed by atoms with Crippen molar-refractivity contribution in [3.63, 3.8) is 0 Å². The van der Waals surface area contributed by atoms with Crippen molar-refractivity contribution in [1.82, 2.24) is 5.32 Å². The van der Waals surface area contributed by atoms with E-state index in [-0.39, 0.29) is 22.8 Å². The van der Waals surface area contributed by atoms with Gasteiger partial charge in [-0.3, -0.25) is 0 Å². The molecule has 5 nitrogen and oxygen atoms in total. The molecule has 0 bridgehead atoms. The number of benzene rings is 2. The third-order valence-corrected chi connectivity index (χ3v) is 12.3. The van der Waals surface area contributed by atoms with Gasteiger partial charge in [0.1, 0.15) is 6.10 Å². The Morgan fingerprint density at radius 2 is 1.85 bits per heavy atom. The van der Waals surface area contributed by atoms with Crippen LogP contribution in [0.5, 0.6) is 0 Å². The Kier molecular flexibility index (Phi) is 6.42. The molecule has 0 fully saturated rings. The Morgan fingerprint density at radius 3 is 2.47 bits per heavy atom. The summed E-state index contributed by atoms with van der Waals surface area (Å²) in [6.07, 6.45) is 4.00. The molecule has 0 spiro atoms. The highest BCUT2D eigenvalue weighted by Gasteiger charge is 2.51. The first-order valence-corrected chi connectivity index (χ1v) is 15.1. The predicted molar refractivity (Wildman–Crippen MR) is 138 cm³/mol. The van der Waals surface area contributed by atoms with Crippen molar-refractivity contribution < 1.29 is 19.1 Å². The zero-order valence-electron chi connectivity index (χ0n) is 21.1. The summed E-state index contributed by atoms with van der Waals surface area (Å²) >= 11 is 0. The van der Waals surface area contributed by atoms with Gasteiger partial charge in [-0.05, 0) is 72.5 Å². The lowest BCUT2D eigenvalue weighted by atomic mass is 9.77. The number of aryl methyl sites for hydroxylation is 1. The molecule has 0 aromatic heterocycles. The van der Waals surface area contributed by atoms with E-state index in [1.54, 1.807) is 0 Å². The van der Waals surface area contributed by atoms with E-state index in [0.29, 0.717) is 0 Å². The fourth-order valence-corrected chi connectivity index (χ4v) is 6.15. The highest BCUT2D eigenvalue weighted by atomic mass is 28.4. The highest BCUT2D eigenvalue weighted by molar-refractivity contribution is 6.74. The Balaban J connectivity index is 1.62. The van der Waals surface area contributed by atoms with E-state index in [4.69, 9.17) is 9.16 Å². The van der Waals surface area contributed by atoms with Gasteiger partial charge in [-0.15, -0.1) is 0 Å². The summed E-state index contributed by atoms with van der Waals surface area (Å²) in [6.45, 7) is 13.1. The number of hydrogen-bond acceptors (Lipinski definition) is 4. The molecule has 0 radical (unpaired) electrons. The van der Waals surface area contributed by atoms with Gasteiger partial charge in [-0.2, -0.15) is 0 Å². The normalized spacial score (nSPS) is 23.4. The zero-order valence-corrected chi connectivity index (χ0v) is 22.1. The number of carboxylic acids is 1. The maximum atomic E-state index is 11.6. The van der Waals surface area contributed by atoms with Crippen LogP contribution in [-0.4, -0.2) is 31.2 Å². The van der Waals surface area contributed by atoms with Crippen molar-refractivity contribution in [2.75, 3.05) is 0 Å². The number of aliphatic carboxylic acids is 1. The third-order valence-electron chi connectivity index (χ3n) is 7.80. The van der Waals surface area contributed by atoms with Gasteiger partial charge in [0.05, 0.1) is 6.20 Å². The summed E-state index contributed by atoms with van der Waals surface area (Å²) in [6, 6.07) is 17.3. The van der Waals surface area contributed by atoms with Gasteiger partial charge in [0.2, 0.25) is 11.5 Å². The van der Waals surface area contributed by atoms with Crippen molar-refractivity contribution in [1.29, 1.82) is 0 Å². The molecule has 182 valence electrons. The van der Waals surface area contributed by atoms with Gasteiger partial charge in [0.25, 0.3) is 0 Å². The maximum absolute atomic E-state index is 11.6. The van der Waals surface area contributed by atoms with Crippen LogP contribution in [0.3, 0.4) is 0 Å². The van der Waals surface area contributed by atoms with Crippen LogP contribution < -0.4 is 5.32 Å². The first-order valence-electron chi connectivity index (χ1n) is 12.1. The Hall–Kier alpha value is -2.57. The summed E-state index contributed by atoms with van der Waals surface area (Å²) in [5.74, 6) is -0.914. The van der Waals surface area contributed by atoms with Crippen molar-refractivity contribution in [3.05, 3.63) is 71.6 Å². The molecule has 6 heteroatoms. The molecular weight excluding hydrogens is 442 g/mol. The van der Waals surface area contributed by atoms with Crippen molar-refractivity contribution in [3.8, 4) is 11.1 Å². The monoisotopic (exact) mass is 479 g/mol. The molecule has 2 aromatic rings. The smallest absolute Gasteiger partial charge is 0.372 e. The maximum Gasteiger partial charge on any atom is 0.372 e. The molecule has 3 unspecified atom stereocenters. The molecule has 1 aliphatic carbocycles. The quantitative estimate of drug-likeness (QED) is 0.489. The van der Waals surface area contributed by atoms with E-state index in [2.05, 4.69) is 81.6 Å². The average Bonchev–Trinajstić information content (AvgIpc) is 3.20. The van der Waals surface area contributed by atoms with Crippen LogP contribution in [0.15, 0.2) is 60.5 Å². The van der Waals surface area contributed by atoms with Gasteiger partial charge in [-0.1, -0.05) is 69.3 Å². The summed E-state index contributed by atoms with van der Waals surface area (Å²) in [7, 11) is -2.15. The summed E-state index contributed by atoms with van der Waals surface area (Å²) < 4.78 is 13.0. The second kappa shape index (κ2) is 8.89. The highest BCUT2D eigenvalue weighted by Crippen LogP contribution is 2.43. The molecule has 0 saturated heterocycles. The second-order valence-electron chi connectivity index (χ2n) is 11.3. The minimum absolute atomic E-state index is 0.0282. The van der Waals surface area contributed by atoms with E-state index in [1.807, 2.05) is 13.0 Å². The number of fused-ring (bicyclic) bond motifs is 1. The Bertz CT molecular complexity index is 1090. The van der Waals surface area contributed by atoms with Gasteiger partial charge in [-0.25, -0.2) is 4.79 Å². The number of hydrogen-bond donors (Lipinski definition) is 2. The number of carbonyl (C=O) groups is 1. The standard InChI is InChI=1S/C28H37NO4Si/c1-27(2,3)34(5,6)33-25(28(4)29-18-24(32-28)26(30)31)23-15-14-21-16-20(12-13-22(21)17-23)19-10-8-7-9-11-19/h7-13,16,18,23,25,29H,14-15,17H2,1-6H3,(H,30,31). The van der Waals surface area contributed by atoms with Gasteiger partial charge >= 0.3 is 5.97 Å². The zero-order chi connectivity index (χ0) is 24.7. The molecule has 0 saturated carbocycles. The first-order chi connectivity index (χ1) is 15.9. The molecular formula is C28H37NO4Si. The van der Waals surface area contributed by atoms with E-state index in [0.717, 1.165) is 19.3 Å². The summed E-state index contributed by atoms with van der Waals surface area (Å²) in [5.41, 5.74) is 4.28. The lowest BCUT2D eigenvalue weighted by molar-refractivity contribution is -0.145. The van der Waals surface area contributed by atoms with Crippen LogP contribution in [0, 0.1) is 5.92 Å². The van der Waals surface area contributed by atoms with Crippen LogP contribution in [0.4, 0.5) is 0 Å². The fourth-order valence-electron chi connectivity index (χ4n) is 4.75. The molecule has 34 heavy (non-hydrogen) atoms. The minimum Gasteiger partial charge on any atom is -0.475 e. The largest absolute Gasteiger partial charge is 0.475 e. The SMILES string of the molecule is CC1(C(O[Si](C)(C)C(C)(C)C)C2CCc3cc(-c4ccccc4)ccc3C2)NC=C(C(=O)O)O1. The molecule has 2 aromatic carbocycles. The molecule has 4 rings (SSSR count). The Labute approximate surface area is 204 Å². The van der Waals surface area contributed by atoms with E-state index >= 15 is 0 Å². The number of ether oxygens (including phenoxy) is 1. The van der Waals surface area contributed by atoms with Crippen molar-refractivity contribution >= 4 is 14.3 Å². The predicted octanol–water partition coefficient (Wildman–Crippen LogP) is 6.11. The molecule has 2 N–H and O–H groups in total. The number of rotatable bonds is 6. The van der Waals surface area contributed by atoms with Crippen LogP contribution in [0.25, 0.3) is 11.1 Å². The molecule has 1 aliphatic heterocycles. The van der Waals surface area contributed by atoms with E-state index in [9.17, 15) is 9.90 Å². The van der Waals surface area contributed by atoms with Crippen LogP contribution in [0.2, 0.25) is 18.1 Å². The number of carboxylic acid groups (broad SMARTS) is 1. The van der Waals surface area contributed by atoms with Gasteiger partial charge < -0.3 is 19.6 Å². The van der Waals surface area contributed by atoms with Crippen LogP contribution >= 0.6 is 0 Å². The van der Waals surface area contributed by atoms with Gasteiger partial charge in [0, 0.05) is 0 Å². The summed E-state index contributed by atoms with van der Waals surface area (Å²) in [4.78, 5) is 11.6. The molecule has 3 atom stereocenters. The van der Waals surface area contributed by atoms with E-state index < -0.39 is 20.0 Å². The minimum atomic E-state index is -2.15. The van der Waals surface area contributed by atoms with E-state index in [1.165, 1.54) is 28.5 Å². The van der Waals surface area contributed by atoms with Crippen molar-refractivity contribution in [2.45, 2.75) is 76.9 Å².